The van der Waals surface area contributed by atoms with Gasteiger partial charge in [-0.2, -0.15) is 0 Å². The number of rotatable bonds is 2. The van der Waals surface area contributed by atoms with E-state index in [-0.39, 0.29) is 0 Å². The van der Waals surface area contributed by atoms with Crippen molar-refractivity contribution < 1.29 is 9.90 Å². The molecule has 2 aliphatic rings. The molecule has 0 aromatic heterocycles. The zero-order valence-corrected chi connectivity index (χ0v) is 10.5. The van der Waals surface area contributed by atoms with Gasteiger partial charge in [0.1, 0.15) is 8.24 Å². The van der Waals surface area contributed by atoms with Gasteiger partial charge in [-0.15, -0.1) is 0 Å². The number of carboxylic acids is 1. The van der Waals surface area contributed by atoms with Crippen LogP contribution in [0.25, 0.3) is 0 Å². The van der Waals surface area contributed by atoms with Crippen LogP contribution in [0.2, 0.25) is 19.1 Å². The molecule has 0 spiro atoms. The van der Waals surface area contributed by atoms with Gasteiger partial charge in [0.15, 0.2) is 0 Å². The Hall–Kier alpha value is -0.613. The Kier molecular flexibility index (Phi) is 2.73. The molecule has 1 aliphatic carbocycles. The van der Waals surface area contributed by atoms with Gasteiger partial charge in [-0.05, 0) is 31.9 Å². The second kappa shape index (κ2) is 3.76. The van der Waals surface area contributed by atoms with Gasteiger partial charge in [0.25, 0.3) is 0 Å². The van der Waals surface area contributed by atoms with Crippen LogP contribution < -0.4 is 0 Å². The lowest BCUT2D eigenvalue weighted by atomic mass is 10.2. The summed E-state index contributed by atoms with van der Waals surface area (Å²) in [5, 5.41) is 8.93. The monoisotopic (exact) mass is 225 g/mol. The molecule has 15 heavy (non-hydrogen) atoms. The molecule has 1 atom stereocenters. The van der Waals surface area contributed by atoms with Crippen molar-refractivity contribution in [3.05, 3.63) is 11.6 Å². The first-order valence-corrected chi connectivity index (χ1v) is 8.85. The summed E-state index contributed by atoms with van der Waals surface area (Å²) < 4.78 is 2.62. The topological polar surface area (TPSA) is 40.5 Å². The predicted octanol–water partition coefficient (Wildman–Crippen LogP) is 2.07. The summed E-state index contributed by atoms with van der Waals surface area (Å²) in [5.41, 5.74) is 0.622. The molecule has 0 saturated carbocycles. The molecule has 1 heterocycles. The number of aliphatic carboxylic acids is 1. The number of hydrogen-bond donors (Lipinski definition) is 1. The SMILES string of the molecule is C[Si]1(C)CCCN1C1CC=C(C(=O)O)C1. The van der Waals surface area contributed by atoms with Crippen LogP contribution in [-0.4, -0.2) is 36.5 Å². The van der Waals surface area contributed by atoms with Crippen molar-refractivity contribution in [3.63, 3.8) is 0 Å². The highest BCUT2D eigenvalue weighted by atomic mass is 28.3. The van der Waals surface area contributed by atoms with Gasteiger partial charge in [-0.1, -0.05) is 19.2 Å². The van der Waals surface area contributed by atoms with E-state index >= 15 is 0 Å². The predicted molar refractivity (Wildman–Crippen MR) is 62.4 cm³/mol. The van der Waals surface area contributed by atoms with E-state index in [1.165, 1.54) is 19.0 Å². The molecule has 1 saturated heterocycles. The third kappa shape index (κ3) is 2.01. The Labute approximate surface area is 91.9 Å². The van der Waals surface area contributed by atoms with Gasteiger partial charge >= 0.3 is 5.97 Å². The number of hydrogen-bond acceptors (Lipinski definition) is 2. The van der Waals surface area contributed by atoms with Crippen LogP contribution in [0.15, 0.2) is 11.6 Å². The van der Waals surface area contributed by atoms with E-state index in [0.29, 0.717) is 11.6 Å². The molecular formula is C11H19NO2Si. The van der Waals surface area contributed by atoms with E-state index in [1.807, 2.05) is 6.08 Å². The Morgan fingerprint density at radius 1 is 1.60 bits per heavy atom. The Balaban J connectivity index is 2.01. The normalized spacial score (nSPS) is 30.5. The summed E-state index contributed by atoms with van der Waals surface area (Å²) >= 11 is 0. The highest BCUT2D eigenvalue weighted by Gasteiger charge is 2.40. The quantitative estimate of drug-likeness (QED) is 0.731. The van der Waals surface area contributed by atoms with Gasteiger partial charge in [0.2, 0.25) is 0 Å². The maximum Gasteiger partial charge on any atom is 0.331 e. The number of carbonyl (C=O) groups is 1. The van der Waals surface area contributed by atoms with Crippen molar-refractivity contribution in [2.45, 2.75) is 44.4 Å². The minimum atomic E-state index is -1.19. The molecule has 2 rings (SSSR count). The fourth-order valence-electron chi connectivity index (χ4n) is 2.92. The molecule has 84 valence electrons. The molecule has 0 bridgehead atoms. The van der Waals surface area contributed by atoms with Crippen LogP contribution in [-0.2, 0) is 4.79 Å². The summed E-state index contributed by atoms with van der Waals surface area (Å²) in [4.78, 5) is 10.8. The van der Waals surface area contributed by atoms with E-state index in [4.69, 9.17) is 5.11 Å². The average molecular weight is 225 g/mol. The van der Waals surface area contributed by atoms with Crippen molar-refractivity contribution in [2.75, 3.05) is 6.54 Å². The van der Waals surface area contributed by atoms with E-state index in [2.05, 4.69) is 17.7 Å². The van der Waals surface area contributed by atoms with Crippen LogP contribution >= 0.6 is 0 Å². The van der Waals surface area contributed by atoms with Crippen molar-refractivity contribution in [1.82, 2.24) is 4.57 Å². The summed E-state index contributed by atoms with van der Waals surface area (Å²) in [7, 11) is -1.19. The van der Waals surface area contributed by atoms with Crippen LogP contribution in [0.3, 0.4) is 0 Å². The van der Waals surface area contributed by atoms with Crippen LogP contribution in [0.4, 0.5) is 0 Å². The summed E-state index contributed by atoms with van der Waals surface area (Å²) in [6, 6.07) is 1.85. The molecule has 0 radical (unpaired) electrons. The Morgan fingerprint density at radius 3 is 2.80 bits per heavy atom. The summed E-state index contributed by atoms with van der Waals surface area (Å²) in [5.74, 6) is -0.726. The summed E-state index contributed by atoms with van der Waals surface area (Å²) in [6.45, 7) is 5.99. The molecule has 3 nitrogen and oxygen atoms in total. The van der Waals surface area contributed by atoms with Crippen LogP contribution in [0.5, 0.6) is 0 Å². The van der Waals surface area contributed by atoms with Crippen LogP contribution in [0.1, 0.15) is 19.3 Å². The molecular weight excluding hydrogens is 206 g/mol. The molecule has 0 amide bonds. The lowest BCUT2D eigenvalue weighted by Crippen LogP contribution is -2.48. The highest BCUT2D eigenvalue weighted by Crippen LogP contribution is 2.34. The van der Waals surface area contributed by atoms with E-state index < -0.39 is 14.2 Å². The Bertz CT molecular complexity index is 312. The highest BCUT2D eigenvalue weighted by molar-refractivity contribution is 6.75. The smallest absolute Gasteiger partial charge is 0.331 e. The molecule has 1 fully saturated rings. The molecule has 1 aliphatic heterocycles. The average Bonchev–Trinajstić information content (AvgIpc) is 2.69. The van der Waals surface area contributed by atoms with E-state index in [9.17, 15) is 4.79 Å². The van der Waals surface area contributed by atoms with E-state index in [1.54, 1.807) is 0 Å². The summed E-state index contributed by atoms with van der Waals surface area (Å²) in [6.07, 6.45) is 4.91. The van der Waals surface area contributed by atoms with Crippen molar-refractivity contribution >= 4 is 14.2 Å². The third-order valence-corrected chi connectivity index (χ3v) is 7.49. The lowest BCUT2D eigenvalue weighted by Gasteiger charge is -2.35. The fourth-order valence-corrected chi connectivity index (χ4v) is 6.18. The van der Waals surface area contributed by atoms with Gasteiger partial charge in [-0.3, -0.25) is 0 Å². The minimum absolute atomic E-state index is 0.486. The molecule has 1 unspecified atom stereocenters. The van der Waals surface area contributed by atoms with Crippen molar-refractivity contribution in [3.8, 4) is 0 Å². The number of nitrogens with zero attached hydrogens (tertiary/aromatic N) is 1. The lowest BCUT2D eigenvalue weighted by molar-refractivity contribution is -0.132. The zero-order valence-electron chi connectivity index (χ0n) is 9.49. The minimum Gasteiger partial charge on any atom is -0.478 e. The largest absolute Gasteiger partial charge is 0.478 e. The molecule has 0 aromatic rings. The fraction of sp³-hybridized carbons (Fsp3) is 0.727. The van der Waals surface area contributed by atoms with Gasteiger partial charge in [-0.25, -0.2) is 4.79 Å². The first-order chi connectivity index (χ1) is 7.00. The van der Waals surface area contributed by atoms with Crippen LogP contribution in [0, 0.1) is 0 Å². The molecule has 4 heteroatoms. The van der Waals surface area contributed by atoms with Crippen molar-refractivity contribution in [2.24, 2.45) is 0 Å². The second-order valence-corrected chi connectivity index (χ2v) is 9.94. The van der Waals surface area contributed by atoms with Gasteiger partial charge in [0, 0.05) is 11.6 Å². The van der Waals surface area contributed by atoms with Crippen molar-refractivity contribution in [1.29, 1.82) is 0 Å². The first kappa shape index (κ1) is 10.9. The third-order valence-electron chi connectivity index (χ3n) is 3.77. The first-order valence-electron chi connectivity index (χ1n) is 5.70. The molecule has 0 aromatic carbocycles. The van der Waals surface area contributed by atoms with E-state index in [0.717, 1.165) is 12.8 Å². The maximum absolute atomic E-state index is 10.8. The number of carboxylic acid groups (broad SMARTS) is 1. The Morgan fingerprint density at radius 2 is 2.33 bits per heavy atom. The van der Waals surface area contributed by atoms with Gasteiger partial charge < -0.3 is 9.67 Å². The maximum atomic E-state index is 10.8. The van der Waals surface area contributed by atoms with Gasteiger partial charge in [0.05, 0.1) is 0 Å². The second-order valence-electron chi connectivity index (χ2n) is 5.24. The standard InChI is InChI=1S/C11H19NO2Si/c1-15(2)7-3-6-12(15)10-5-4-9(8-10)11(13)14/h4,10H,3,5-8H2,1-2H3,(H,13,14). The molecule has 1 N–H and O–H groups in total. The zero-order chi connectivity index (χ0) is 11.1.